The summed E-state index contributed by atoms with van der Waals surface area (Å²) in [6.07, 6.45) is -7.96. The minimum atomic E-state index is -5.01. The summed E-state index contributed by atoms with van der Waals surface area (Å²) < 4.78 is 80.5. The highest BCUT2D eigenvalue weighted by Crippen LogP contribution is 2.41. The summed E-state index contributed by atoms with van der Waals surface area (Å²) >= 11 is 0. The van der Waals surface area contributed by atoms with Gasteiger partial charge in [-0.25, -0.2) is 0 Å². The Kier molecular flexibility index (Phi) is 8.01. The molecule has 2 amide bonds. The molecule has 40 heavy (non-hydrogen) atoms. The van der Waals surface area contributed by atoms with Gasteiger partial charge in [0.1, 0.15) is 0 Å². The van der Waals surface area contributed by atoms with Gasteiger partial charge < -0.3 is 15.5 Å². The molecule has 4 rings (SSSR count). The van der Waals surface area contributed by atoms with E-state index in [0.717, 1.165) is 5.56 Å². The molecular formula is C29H33F6N3O2. The van der Waals surface area contributed by atoms with Crippen LogP contribution in [0, 0.1) is 0 Å². The Bertz CT molecular complexity index is 1200. The third kappa shape index (κ3) is 6.14. The van der Waals surface area contributed by atoms with Crippen molar-refractivity contribution in [3.63, 3.8) is 0 Å². The zero-order valence-corrected chi connectivity index (χ0v) is 22.5. The summed E-state index contributed by atoms with van der Waals surface area (Å²) in [6, 6.07) is 10.3. The van der Waals surface area contributed by atoms with Gasteiger partial charge in [0.05, 0.1) is 28.1 Å². The van der Waals surface area contributed by atoms with E-state index in [9.17, 15) is 35.9 Å². The van der Waals surface area contributed by atoms with E-state index >= 15 is 0 Å². The zero-order chi connectivity index (χ0) is 29.5. The SMILES string of the molecule is CC(C(=O)N[C@]1(c2ccccc2)CC[C@@H](N2CCNC(C)(C)C2=O)CC1)c1cc(C(F)(F)F)cc(C(F)(F)F)c1. The normalized spacial score (nSPS) is 24.5. The first-order chi connectivity index (χ1) is 18.5. The number of halogens is 6. The van der Waals surface area contributed by atoms with Gasteiger partial charge in [0.2, 0.25) is 11.8 Å². The molecule has 1 heterocycles. The molecule has 1 saturated carbocycles. The highest BCUT2D eigenvalue weighted by molar-refractivity contribution is 5.86. The predicted molar refractivity (Wildman–Crippen MR) is 137 cm³/mol. The predicted octanol–water partition coefficient (Wildman–Crippen LogP) is 5.99. The lowest BCUT2D eigenvalue weighted by Crippen LogP contribution is -2.64. The maximum Gasteiger partial charge on any atom is 0.416 e. The minimum Gasteiger partial charge on any atom is -0.346 e. The molecule has 0 bridgehead atoms. The second-order valence-electron chi connectivity index (χ2n) is 11.3. The van der Waals surface area contributed by atoms with E-state index in [-0.39, 0.29) is 23.6 Å². The second kappa shape index (κ2) is 10.7. The van der Waals surface area contributed by atoms with E-state index in [0.29, 0.717) is 50.9 Å². The molecule has 0 radical (unpaired) electrons. The number of rotatable bonds is 5. The number of benzene rings is 2. The Hall–Kier alpha value is -3.08. The molecule has 11 heteroatoms. The van der Waals surface area contributed by atoms with E-state index in [4.69, 9.17) is 0 Å². The highest BCUT2D eigenvalue weighted by Gasteiger charge is 2.45. The van der Waals surface area contributed by atoms with Crippen LogP contribution < -0.4 is 10.6 Å². The van der Waals surface area contributed by atoms with Crippen LogP contribution >= 0.6 is 0 Å². The Morgan fingerprint density at radius 1 is 0.975 bits per heavy atom. The zero-order valence-electron chi connectivity index (χ0n) is 22.5. The number of hydrogen-bond acceptors (Lipinski definition) is 3. The topological polar surface area (TPSA) is 61.4 Å². The molecule has 2 aromatic carbocycles. The molecule has 0 aromatic heterocycles. The molecule has 1 saturated heterocycles. The van der Waals surface area contributed by atoms with Gasteiger partial charge in [-0.05, 0) is 75.8 Å². The number of carbonyl (C=O) groups excluding carboxylic acids is 2. The summed E-state index contributed by atoms with van der Waals surface area (Å²) in [5.74, 6) is -1.95. The maximum atomic E-state index is 13.5. The Morgan fingerprint density at radius 2 is 1.52 bits per heavy atom. The van der Waals surface area contributed by atoms with Gasteiger partial charge >= 0.3 is 12.4 Å². The fraction of sp³-hybridized carbons (Fsp3) is 0.517. The summed E-state index contributed by atoms with van der Waals surface area (Å²) in [4.78, 5) is 28.4. The molecule has 1 unspecified atom stereocenters. The van der Waals surface area contributed by atoms with Gasteiger partial charge in [-0.1, -0.05) is 30.3 Å². The minimum absolute atomic E-state index is 0.00126. The first-order valence-electron chi connectivity index (χ1n) is 13.3. The van der Waals surface area contributed by atoms with Crippen LogP contribution in [0.4, 0.5) is 26.3 Å². The molecule has 1 aliphatic carbocycles. The number of hydrogen-bond donors (Lipinski definition) is 2. The van der Waals surface area contributed by atoms with Crippen molar-refractivity contribution in [2.24, 2.45) is 0 Å². The molecule has 2 aliphatic rings. The van der Waals surface area contributed by atoms with E-state index in [1.54, 1.807) is 0 Å². The first kappa shape index (κ1) is 29.9. The average Bonchev–Trinajstić information content (AvgIpc) is 2.89. The molecule has 2 fully saturated rings. The summed E-state index contributed by atoms with van der Waals surface area (Å²) in [7, 11) is 0. The summed E-state index contributed by atoms with van der Waals surface area (Å²) in [5, 5.41) is 6.21. The van der Waals surface area contributed by atoms with Crippen molar-refractivity contribution >= 4 is 11.8 Å². The van der Waals surface area contributed by atoms with Crippen molar-refractivity contribution in [1.82, 2.24) is 15.5 Å². The fourth-order valence-electron chi connectivity index (χ4n) is 5.75. The highest BCUT2D eigenvalue weighted by atomic mass is 19.4. The van der Waals surface area contributed by atoms with Crippen molar-refractivity contribution < 1.29 is 35.9 Å². The van der Waals surface area contributed by atoms with Gasteiger partial charge in [-0.15, -0.1) is 0 Å². The van der Waals surface area contributed by atoms with Gasteiger partial charge in [-0.3, -0.25) is 9.59 Å². The maximum absolute atomic E-state index is 13.5. The van der Waals surface area contributed by atoms with E-state index in [2.05, 4.69) is 10.6 Å². The van der Waals surface area contributed by atoms with E-state index < -0.39 is 46.4 Å². The number of carbonyl (C=O) groups is 2. The van der Waals surface area contributed by atoms with Gasteiger partial charge in [0.15, 0.2) is 0 Å². The molecule has 1 atom stereocenters. The molecular weight excluding hydrogens is 536 g/mol. The molecule has 0 spiro atoms. The van der Waals surface area contributed by atoms with Crippen LogP contribution in [0.3, 0.4) is 0 Å². The molecule has 1 aliphatic heterocycles. The van der Waals surface area contributed by atoms with E-state index in [1.165, 1.54) is 6.92 Å². The first-order valence-corrected chi connectivity index (χ1v) is 13.3. The lowest BCUT2D eigenvalue weighted by atomic mass is 9.73. The lowest BCUT2D eigenvalue weighted by Gasteiger charge is -2.48. The molecule has 5 nitrogen and oxygen atoms in total. The van der Waals surface area contributed by atoms with Crippen LogP contribution in [0.1, 0.15) is 74.6 Å². The number of amides is 2. The van der Waals surface area contributed by atoms with E-state index in [1.807, 2.05) is 49.1 Å². The van der Waals surface area contributed by atoms with Gasteiger partial charge in [-0.2, -0.15) is 26.3 Å². The third-order valence-corrected chi connectivity index (χ3v) is 8.16. The number of nitrogens with one attached hydrogen (secondary N) is 2. The van der Waals surface area contributed by atoms with Gasteiger partial charge in [0, 0.05) is 19.1 Å². The Balaban J connectivity index is 1.60. The average molecular weight is 570 g/mol. The lowest BCUT2D eigenvalue weighted by molar-refractivity contribution is -0.144. The van der Waals surface area contributed by atoms with Gasteiger partial charge in [0.25, 0.3) is 0 Å². The molecule has 2 aromatic rings. The van der Waals surface area contributed by atoms with Crippen LogP contribution in [0.5, 0.6) is 0 Å². The fourth-order valence-corrected chi connectivity index (χ4v) is 5.75. The second-order valence-corrected chi connectivity index (χ2v) is 11.3. The smallest absolute Gasteiger partial charge is 0.346 e. The summed E-state index contributed by atoms with van der Waals surface area (Å²) in [5.41, 5.74) is -4.07. The van der Waals surface area contributed by atoms with Crippen molar-refractivity contribution in [1.29, 1.82) is 0 Å². The quantitative estimate of drug-likeness (QED) is 0.435. The summed E-state index contributed by atoms with van der Waals surface area (Å²) in [6.45, 7) is 6.18. The molecule has 2 N–H and O–H groups in total. The monoisotopic (exact) mass is 569 g/mol. The number of alkyl halides is 6. The van der Waals surface area contributed by atoms with Crippen LogP contribution in [-0.2, 0) is 27.5 Å². The van der Waals surface area contributed by atoms with Crippen molar-refractivity contribution in [2.45, 2.75) is 81.8 Å². The molecule has 218 valence electrons. The van der Waals surface area contributed by atoms with Crippen molar-refractivity contribution in [3.8, 4) is 0 Å². The van der Waals surface area contributed by atoms with Crippen molar-refractivity contribution in [2.75, 3.05) is 13.1 Å². The standard InChI is InChI=1S/C29H33F6N3O2/c1-18(19-15-21(28(30,31)32)17-22(16-19)29(33,34)35)24(39)37-27(20-7-5-4-6-8-20)11-9-23(10-12-27)38-14-13-36-26(2,3)25(38)40/h4-8,15-18,23,36H,9-14H2,1-3H3,(H,37,39)/t18?,23-,27-. The van der Waals surface area contributed by atoms with Crippen LogP contribution in [0.15, 0.2) is 48.5 Å². The Labute approximate surface area is 229 Å². The largest absolute Gasteiger partial charge is 0.416 e. The number of piperazine rings is 1. The number of nitrogens with zero attached hydrogens (tertiary/aromatic N) is 1. The Morgan fingerprint density at radius 3 is 2.05 bits per heavy atom. The van der Waals surface area contributed by atoms with Crippen LogP contribution in [0.2, 0.25) is 0 Å². The van der Waals surface area contributed by atoms with Crippen molar-refractivity contribution in [3.05, 3.63) is 70.8 Å². The van der Waals surface area contributed by atoms with Crippen LogP contribution in [0.25, 0.3) is 0 Å². The third-order valence-electron chi connectivity index (χ3n) is 8.16. The van der Waals surface area contributed by atoms with Crippen LogP contribution in [-0.4, -0.2) is 41.4 Å².